The third-order valence-corrected chi connectivity index (χ3v) is 3.66. The summed E-state index contributed by atoms with van der Waals surface area (Å²) in [5.74, 6) is -0.0879. The number of amides is 2. The van der Waals surface area contributed by atoms with Gasteiger partial charge in [-0.05, 0) is 39.8 Å². The van der Waals surface area contributed by atoms with Gasteiger partial charge in [0, 0.05) is 31.9 Å². The van der Waals surface area contributed by atoms with Gasteiger partial charge in [-0.1, -0.05) is 11.6 Å². The van der Waals surface area contributed by atoms with Gasteiger partial charge in [0.2, 0.25) is 0 Å². The normalized spacial score (nSPS) is 15.5. The fraction of sp³-hybridized carbons (Fsp3) is 0.529. The van der Waals surface area contributed by atoms with Crippen molar-refractivity contribution in [3.63, 3.8) is 0 Å². The number of anilines is 1. The highest BCUT2D eigenvalue weighted by atomic mass is 16.6. The molecule has 1 saturated heterocycles. The molecular formula is C17H25N3O3. The molecular weight excluding hydrogens is 294 g/mol. The molecule has 1 aromatic carbocycles. The predicted octanol–water partition coefficient (Wildman–Crippen LogP) is 2.27. The van der Waals surface area contributed by atoms with E-state index in [0.717, 1.165) is 5.56 Å². The van der Waals surface area contributed by atoms with Gasteiger partial charge in [-0.3, -0.25) is 4.79 Å². The van der Waals surface area contributed by atoms with Gasteiger partial charge in [0.05, 0.1) is 5.56 Å². The maximum absolute atomic E-state index is 12.6. The Morgan fingerprint density at radius 3 is 2.22 bits per heavy atom. The van der Waals surface area contributed by atoms with E-state index in [1.807, 2.05) is 33.8 Å². The van der Waals surface area contributed by atoms with E-state index in [4.69, 9.17) is 10.5 Å². The SMILES string of the molecule is Cc1ccc(N)c(C(=O)N2CCN(C(=O)OC(C)(C)C)CC2)c1. The van der Waals surface area contributed by atoms with Crippen LogP contribution in [0, 0.1) is 6.92 Å². The third kappa shape index (κ3) is 4.37. The van der Waals surface area contributed by atoms with Crippen molar-refractivity contribution in [1.82, 2.24) is 9.80 Å². The zero-order chi connectivity index (χ0) is 17.2. The first-order valence-electron chi connectivity index (χ1n) is 7.81. The molecule has 126 valence electrons. The van der Waals surface area contributed by atoms with E-state index in [1.165, 1.54) is 0 Å². The summed E-state index contributed by atoms with van der Waals surface area (Å²) >= 11 is 0. The molecule has 0 unspecified atom stereocenters. The summed E-state index contributed by atoms with van der Waals surface area (Å²) in [6.45, 7) is 9.33. The largest absolute Gasteiger partial charge is 0.444 e. The number of carbonyl (C=O) groups is 2. The predicted molar refractivity (Wildman–Crippen MR) is 89.3 cm³/mol. The van der Waals surface area contributed by atoms with E-state index >= 15 is 0 Å². The lowest BCUT2D eigenvalue weighted by atomic mass is 10.1. The van der Waals surface area contributed by atoms with E-state index in [9.17, 15) is 9.59 Å². The lowest BCUT2D eigenvalue weighted by Gasteiger charge is -2.35. The van der Waals surface area contributed by atoms with Crippen molar-refractivity contribution in [2.45, 2.75) is 33.3 Å². The smallest absolute Gasteiger partial charge is 0.410 e. The highest BCUT2D eigenvalue weighted by Crippen LogP contribution is 2.18. The Morgan fingerprint density at radius 2 is 1.65 bits per heavy atom. The number of rotatable bonds is 1. The summed E-state index contributed by atoms with van der Waals surface area (Å²) in [5, 5.41) is 0. The van der Waals surface area contributed by atoms with Crippen LogP contribution in [0.2, 0.25) is 0 Å². The van der Waals surface area contributed by atoms with Crippen molar-refractivity contribution in [2.24, 2.45) is 0 Å². The molecule has 2 amide bonds. The first kappa shape index (κ1) is 17.1. The van der Waals surface area contributed by atoms with E-state index in [1.54, 1.807) is 21.9 Å². The van der Waals surface area contributed by atoms with Gasteiger partial charge in [0.25, 0.3) is 5.91 Å². The maximum Gasteiger partial charge on any atom is 0.410 e. The van der Waals surface area contributed by atoms with Gasteiger partial charge in [-0.25, -0.2) is 4.79 Å². The number of hydrogen-bond acceptors (Lipinski definition) is 4. The summed E-state index contributed by atoms with van der Waals surface area (Å²) in [7, 11) is 0. The first-order chi connectivity index (χ1) is 10.7. The number of nitrogen functional groups attached to an aromatic ring is 1. The number of aryl methyl sites for hydroxylation is 1. The topological polar surface area (TPSA) is 75.9 Å². The number of nitrogens with two attached hydrogens (primary N) is 1. The molecule has 6 nitrogen and oxygen atoms in total. The van der Waals surface area contributed by atoms with Gasteiger partial charge >= 0.3 is 6.09 Å². The van der Waals surface area contributed by atoms with E-state index in [-0.39, 0.29) is 12.0 Å². The van der Waals surface area contributed by atoms with Crippen molar-refractivity contribution in [1.29, 1.82) is 0 Å². The molecule has 2 rings (SSSR count). The molecule has 1 aliphatic rings. The van der Waals surface area contributed by atoms with Crippen LogP contribution >= 0.6 is 0 Å². The number of ether oxygens (including phenoxy) is 1. The standard InChI is InChI=1S/C17H25N3O3/c1-12-5-6-14(18)13(11-12)15(21)19-7-9-20(10-8-19)16(22)23-17(2,3)4/h5-6,11H,7-10,18H2,1-4H3. The Hall–Kier alpha value is -2.24. The second-order valence-corrected chi connectivity index (χ2v) is 6.85. The molecule has 1 fully saturated rings. The van der Waals surface area contributed by atoms with Crippen molar-refractivity contribution in [2.75, 3.05) is 31.9 Å². The molecule has 2 N–H and O–H groups in total. The minimum atomic E-state index is -0.514. The third-order valence-electron chi connectivity index (χ3n) is 3.66. The Morgan fingerprint density at radius 1 is 1.09 bits per heavy atom. The highest BCUT2D eigenvalue weighted by molar-refractivity contribution is 5.99. The summed E-state index contributed by atoms with van der Waals surface area (Å²) < 4.78 is 5.36. The van der Waals surface area contributed by atoms with Gasteiger partial charge < -0.3 is 20.3 Å². The highest BCUT2D eigenvalue weighted by Gasteiger charge is 2.28. The second-order valence-electron chi connectivity index (χ2n) is 6.85. The van der Waals surface area contributed by atoms with Gasteiger partial charge in [-0.15, -0.1) is 0 Å². The lowest BCUT2D eigenvalue weighted by Crippen LogP contribution is -2.51. The second kappa shape index (κ2) is 6.48. The van der Waals surface area contributed by atoms with Gasteiger partial charge in [0.1, 0.15) is 5.60 Å². The molecule has 0 radical (unpaired) electrons. The minimum Gasteiger partial charge on any atom is -0.444 e. The molecule has 0 aliphatic carbocycles. The summed E-state index contributed by atoms with van der Waals surface area (Å²) in [5.41, 5.74) is 7.40. The number of nitrogens with zero attached hydrogens (tertiary/aromatic N) is 2. The zero-order valence-electron chi connectivity index (χ0n) is 14.3. The Balaban J connectivity index is 1.97. The van der Waals surface area contributed by atoms with Gasteiger partial charge in [0.15, 0.2) is 0 Å². The molecule has 0 spiro atoms. The number of carbonyl (C=O) groups excluding carboxylic acids is 2. The van der Waals surface area contributed by atoms with Gasteiger partial charge in [-0.2, -0.15) is 0 Å². The van der Waals surface area contributed by atoms with Crippen molar-refractivity contribution >= 4 is 17.7 Å². The molecule has 1 heterocycles. The Labute approximate surface area is 137 Å². The lowest BCUT2D eigenvalue weighted by molar-refractivity contribution is 0.0141. The molecule has 1 aliphatic heterocycles. The number of benzene rings is 1. The summed E-state index contributed by atoms with van der Waals surface area (Å²) in [4.78, 5) is 28.0. The number of hydrogen-bond donors (Lipinski definition) is 1. The number of piperazine rings is 1. The van der Waals surface area contributed by atoms with E-state index < -0.39 is 5.60 Å². The molecule has 0 saturated carbocycles. The van der Waals surface area contributed by atoms with Crippen molar-refractivity contribution in [3.05, 3.63) is 29.3 Å². The van der Waals surface area contributed by atoms with Crippen LogP contribution in [0.1, 0.15) is 36.7 Å². The van der Waals surface area contributed by atoms with Crippen LogP contribution in [0.3, 0.4) is 0 Å². The minimum absolute atomic E-state index is 0.0879. The molecule has 0 atom stereocenters. The van der Waals surface area contributed by atoms with Crippen LogP contribution in [0.5, 0.6) is 0 Å². The Bertz CT molecular complexity index is 600. The van der Waals surface area contributed by atoms with E-state index in [2.05, 4.69) is 0 Å². The van der Waals surface area contributed by atoms with Crippen LogP contribution < -0.4 is 5.73 Å². The molecule has 23 heavy (non-hydrogen) atoms. The molecule has 1 aromatic rings. The zero-order valence-corrected chi connectivity index (χ0v) is 14.3. The average molecular weight is 319 g/mol. The van der Waals surface area contributed by atoms with Crippen molar-refractivity contribution < 1.29 is 14.3 Å². The molecule has 0 aromatic heterocycles. The molecule has 0 bridgehead atoms. The van der Waals surface area contributed by atoms with Crippen LogP contribution in [-0.2, 0) is 4.74 Å². The van der Waals surface area contributed by atoms with E-state index in [0.29, 0.717) is 37.4 Å². The maximum atomic E-state index is 12.6. The monoisotopic (exact) mass is 319 g/mol. The quantitative estimate of drug-likeness (QED) is 0.806. The fourth-order valence-electron chi connectivity index (χ4n) is 2.44. The van der Waals surface area contributed by atoms with Crippen LogP contribution in [0.25, 0.3) is 0 Å². The Kier molecular flexibility index (Phi) is 4.82. The van der Waals surface area contributed by atoms with Crippen LogP contribution in [0.4, 0.5) is 10.5 Å². The molecule has 6 heteroatoms. The van der Waals surface area contributed by atoms with Crippen LogP contribution in [-0.4, -0.2) is 53.6 Å². The van der Waals surface area contributed by atoms with Crippen molar-refractivity contribution in [3.8, 4) is 0 Å². The average Bonchev–Trinajstić information content (AvgIpc) is 2.47. The van der Waals surface area contributed by atoms with Crippen LogP contribution in [0.15, 0.2) is 18.2 Å². The fourth-order valence-corrected chi connectivity index (χ4v) is 2.44. The first-order valence-corrected chi connectivity index (χ1v) is 7.81. The summed E-state index contributed by atoms with van der Waals surface area (Å²) in [6, 6.07) is 5.43. The summed E-state index contributed by atoms with van der Waals surface area (Å²) in [6.07, 6.45) is -0.334.